The molecule has 1 aromatic heterocycles. The lowest BCUT2D eigenvalue weighted by Crippen LogP contribution is -2.31. The van der Waals surface area contributed by atoms with E-state index in [1.807, 2.05) is 43.3 Å². The maximum absolute atomic E-state index is 12.9. The first-order chi connectivity index (χ1) is 13.2. The Morgan fingerprint density at radius 2 is 1.78 bits per heavy atom. The Bertz CT molecular complexity index is 864. The van der Waals surface area contributed by atoms with Gasteiger partial charge in [0.15, 0.2) is 0 Å². The fraction of sp³-hybridized carbons (Fsp3) is 0.182. The fourth-order valence-electron chi connectivity index (χ4n) is 2.82. The first-order valence-electron chi connectivity index (χ1n) is 8.98. The minimum atomic E-state index is -0.229. The molecule has 1 heterocycles. The molecule has 0 saturated heterocycles. The fourth-order valence-corrected chi connectivity index (χ4v) is 2.82. The number of anilines is 2. The highest BCUT2D eigenvalue weighted by Crippen LogP contribution is 2.16. The normalized spacial score (nSPS) is 10.4. The van der Waals surface area contributed by atoms with Gasteiger partial charge in [-0.15, -0.1) is 0 Å². The van der Waals surface area contributed by atoms with Crippen molar-refractivity contribution in [2.75, 3.05) is 23.3 Å². The predicted octanol–water partition coefficient (Wildman–Crippen LogP) is 4.54. The molecule has 2 aromatic carbocycles. The molecule has 0 saturated carbocycles. The molecule has 3 rings (SSSR count). The zero-order valence-corrected chi connectivity index (χ0v) is 15.2. The number of carbonyl (C=O) groups is 1. The van der Waals surface area contributed by atoms with Gasteiger partial charge in [0.1, 0.15) is 11.5 Å². The van der Waals surface area contributed by atoms with E-state index in [4.69, 9.17) is 0 Å². The van der Waals surface area contributed by atoms with Gasteiger partial charge in [-0.1, -0.05) is 30.3 Å². The van der Waals surface area contributed by atoms with E-state index < -0.39 is 0 Å². The standard InChI is InChI=1S/C22H22FN3O/c1-2-26(20-6-4-3-5-7-20)22(27)21-13-12-19(16-25-21)24-15-14-17-8-10-18(23)11-9-17/h3-13,16,24H,2,14-15H2,1H3. The predicted molar refractivity (Wildman–Crippen MR) is 107 cm³/mol. The molecule has 0 bridgehead atoms. The Morgan fingerprint density at radius 1 is 1.04 bits per heavy atom. The first kappa shape index (κ1) is 18.6. The molecule has 4 nitrogen and oxygen atoms in total. The monoisotopic (exact) mass is 363 g/mol. The average molecular weight is 363 g/mol. The highest BCUT2D eigenvalue weighted by atomic mass is 19.1. The summed E-state index contributed by atoms with van der Waals surface area (Å²) in [6.45, 7) is 3.21. The molecule has 0 spiro atoms. The quantitative estimate of drug-likeness (QED) is 0.670. The van der Waals surface area contributed by atoms with Crippen LogP contribution in [0.2, 0.25) is 0 Å². The molecule has 0 atom stereocenters. The van der Waals surface area contributed by atoms with Crippen LogP contribution in [-0.4, -0.2) is 24.0 Å². The number of hydrogen-bond acceptors (Lipinski definition) is 3. The number of halogens is 1. The van der Waals surface area contributed by atoms with Gasteiger partial charge in [-0.05, 0) is 55.3 Å². The minimum absolute atomic E-state index is 0.124. The Kier molecular flexibility index (Phi) is 6.15. The highest BCUT2D eigenvalue weighted by Gasteiger charge is 2.16. The number of rotatable bonds is 7. The second-order valence-electron chi connectivity index (χ2n) is 6.12. The van der Waals surface area contributed by atoms with Crippen LogP contribution >= 0.6 is 0 Å². The van der Waals surface area contributed by atoms with Crippen LogP contribution in [0.1, 0.15) is 23.0 Å². The highest BCUT2D eigenvalue weighted by molar-refractivity contribution is 6.04. The summed E-state index contributed by atoms with van der Waals surface area (Å²) in [5.74, 6) is -0.352. The third-order valence-corrected chi connectivity index (χ3v) is 4.27. The van der Waals surface area contributed by atoms with Gasteiger partial charge < -0.3 is 10.2 Å². The second kappa shape index (κ2) is 8.94. The molecule has 1 N–H and O–H groups in total. The smallest absolute Gasteiger partial charge is 0.276 e. The molecule has 5 heteroatoms. The number of nitrogens with one attached hydrogen (secondary N) is 1. The van der Waals surface area contributed by atoms with E-state index in [1.165, 1.54) is 12.1 Å². The van der Waals surface area contributed by atoms with Crippen molar-refractivity contribution >= 4 is 17.3 Å². The number of hydrogen-bond donors (Lipinski definition) is 1. The third-order valence-electron chi connectivity index (χ3n) is 4.27. The summed E-state index contributed by atoms with van der Waals surface area (Å²) in [5, 5.41) is 3.27. The van der Waals surface area contributed by atoms with E-state index >= 15 is 0 Å². The van der Waals surface area contributed by atoms with Crippen LogP contribution in [0.4, 0.5) is 15.8 Å². The number of carbonyl (C=O) groups excluding carboxylic acids is 1. The molecule has 0 aliphatic carbocycles. The first-order valence-corrected chi connectivity index (χ1v) is 8.98. The van der Waals surface area contributed by atoms with Crippen LogP contribution in [0, 0.1) is 5.82 Å². The van der Waals surface area contributed by atoms with E-state index in [-0.39, 0.29) is 11.7 Å². The Morgan fingerprint density at radius 3 is 2.41 bits per heavy atom. The van der Waals surface area contributed by atoms with Crippen LogP contribution in [-0.2, 0) is 6.42 Å². The van der Waals surface area contributed by atoms with Crippen LogP contribution in [0.5, 0.6) is 0 Å². The summed E-state index contributed by atoms with van der Waals surface area (Å²) < 4.78 is 12.9. The molecule has 0 aliphatic heterocycles. The van der Waals surface area contributed by atoms with Crippen LogP contribution < -0.4 is 10.2 Å². The van der Waals surface area contributed by atoms with Gasteiger partial charge in [0, 0.05) is 18.8 Å². The van der Waals surface area contributed by atoms with Crippen molar-refractivity contribution in [3.8, 4) is 0 Å². The zero-order valence-electron chi connectivity index (χ0n) is 15.2. The van der Waals surface area contributed by atoms with Gasteiger partial charge in [-0.2, -0.15) is 0 Å². The largest absolute Gasteiger partial charge is 0.383 e. The number of aromatic nitrogens is 1. The van der Waals surface area contributed by atoms with Gasteiger partial charge in [-0.3, -0.25) is 4.79 Å². The number of benzene rings is 2. The second-order valence-corrected chi connectivity index (χ2v) is 6.12. The molecule has 1 amide bonds. The third kappa shape index (κ3) is 4.91. The van der Waals surface area contributed by atoms with Gasteiger partial charge in [0.25, 0.3) is 5.91 Å². The van der Waals surface area contributed by atoms with Crippen LogP contribution in [0.15, 0.2) is 72.9 Å². The SMILES string of the molecule is CCN(C(=O)c1ccc(NCCc2ccc(F)cc2)cn1)c1ccccc1. The maximum Gasteiger partial charge on any atom is 0.276 e. The number of para-hydroxylation sites is 1. The van der Waals surface area contributed by atoms with Crippen molar-refractivity contribution in [2.45, 2.75) is 13.3 Å². The van der Waals surface area contributed by atoms with Gasteiger partial charge in [-0.25, -0.2) is 9.37 Å². The molecule has 0 unspecified atom stereocenters. The van der Waals surface area contributed by atoms with E-state index in [2.05, 4.69) is 10.3 Å². The summed E-state index contributed by atoms with van der Waals surface area (Å²) in [6.07, 6.45) is 2.44. The van der Waals surface area contributed by atoms with Gasteiger partial charge in [0.2, 0.25) is 0 Å². The Balaban J connectivity index is 1.59. The van der Waals surface area contributed by atoms with Crippen molar-refractivity contribution in [1.82, 2.24) is 4.98 Å². The minimum Gasteiger partial charge on any atom is -0.383 e. The molecule has 27 heavy (non-hydrogen) atoms. The van der Waals surface area contributed by atoms with Crippen molar-refractivity contribution in [1.29, 1.82) is 0 Å². The van der Waals surface area contributed by atoms with Crippen molar-refractivity contribution < 1.29 is 9.18 Å². The van der Waals surface area contributed by atoms with Crippen molar-refractivity contribution in [2.24, 2.45) is 0 Å². The van der Waals surface area contributed by atoms with Gasteiger partial charge in [0.05, 0.1) is 11.9 Å². The summed E-state index contributed by atoms with van der Waals surface area (Å²) >= 11 is 0. The molecular formula is C22H22FN3O. The molecule has 0 radical (unpaired) electrons. The lowest BCUT2D eigenvalue weighted by atomic mass is 10.1. The summed E-state index contributed by atoms with van der Waals surface area (Å²) in [4.78, 5) is 18.7. The zero-order chi connectivity index (χ0) is 19.1. The van der Waals surface area contributed by atoms with Crippen LogP contribution in [0.3, 0.4) is 0 Å². The van der Waals surface area contributed by atoms with E-state index in [9.17, 15) is 9.18 Å². The molecule has 0 aliphatic rings. The van der Waals surface area contributed by atoms with Gasteiger partial charge >= 0.3 is 0 Å². The Labute approximate surface area is 158 Å². The number of amides is 1. The topological polar surface area (TPSA) is 45.2 Å². The van der Waals surface area contributed by atoms with Crippen molar-refractivity contribution in [3.63, 3.8) is 0 Å². The molecule has 3 aromatic rings. The maximum atomic E-state index is 12.9. The van der Waals surface area contributed by atoms with E-state index in [1.54, 1.807) is 29.3 Å². The number of pyridine rings is 1. The van der Waals surface area contributed by atoms with E-state index in [0.717, 1.165) is 23.4 Å². The van der Waals surface area contributed by atoms with Crippen LogP contribution in [0.25, 0.3) is 0 Å². The number of nitrogens with zero attached hydrogens (tertiary/aromatic N) is 2. The molecule has 0 fully saturated rings. The molecular weight excluding hydrogens is 341 g/mol. The summed E-state index contributed by atoms with van der Waals surface area (Å²) in [6, 6.07) is 19.6. The van der Waals surface area contributed by atoms with Crippen molar-refractivity contribution in [3.05, 3.63) is 90.0 Å². The molecule has 138 valence electrons. The lowest BCUT2D eigenvalue weighted by molar-refractivity contribution is 0.0983. The van der Waals surface area contributed by atoms with E-state index in [0.29, 0.717) is 18.8 Å². The summed E-state index contributed by atoms with van der Waals surface area (Å²) in [5.41, 5.74) is 3.17. The Hall–Kier alpha value is -3.21. The average Bonchev–Trinajstić information content (AvgIpc) is 2.71. The lowest BCUT2D eigenvalue weighted by Gasteiger charge is -2.20. The summed E-state index contributed by atoms with van der Waals surface area (Å²) in [7, 11) is 0.